The number of carbonyl (C=O) groups excluding carboxylic acids is 1. The van der Waals surface area contributed by atoms with Gasteiger partial charge in [-0.05, 0) is 36.8 Å². The SMILES string of the molecule is Cc1ccc(C(=O)N2CCN(c3ccccc3)CC2)cc1NC1=N[C@H]2CS(=O)(=O)C[C@H]2S1. The van der Waals surface area contributed by atoms with Gasteiger partial charge in [-0.3, -0.25) is 9.79 Å². The fraction of sp³-hybridized carbons (Fsp3) is 0.391. The molecule has 9 heteroatoms. The van der Waals surface area contributed by atoms with Crippen molar-refractivity contribution in [3.8, 4) is 0 Å². The van der Waals surface area contributed by atoms with E-state index in [2.05, 4.69) is 27.3 Å². The number of hydrogen-bond donors (Lipinski definition) is 1. The van der Waals surface area contributed by atoms with E-state index in [9.17, 15) is 13.2 Å². The lowest BCUT2D eigenvalue weighted by Gasteiger charge is -2.36. The summed E-state index contributed by atoms with van der Waals surface area (Å²) in [4.78, 5) is 21.9. The minimum atomic E-state index is -2.97. The molecule has 0 spiro atoms. The van der Waals surface area contributed by atoms with Crippen LogP contribution >= 0.6 is 11.8 Å². The van der Waals surface area contributed by atoms with Crippen molar-refractivity contribution in [3.05, 3.63) is 59.7 Å². The van der Waals surface area contributed by atoms with Crippen molar-refractivity contribution >= 4 is 44.0 Å². The van der Waals surface area contributed by atoms with Gasteiger partial charge in [0.1, 0.15) is 0 Å². The lowest BCUT2D eigenvalue weighted by atomic mass is 10.1. The van der Waals surface area contributed by atoms with Crippen molar-refractivity contribution in [2.24, 2.45) is 4.99 Å². The van der Waals surface area contributed by atoms with Gasteiger partial charge in [0.25, 0.3) is 5.91 Å². The Labute approximate surface area is 192 Å². The number of thioether (sulfide) groups is 1. The molecule has 0 aromatic heterocycles. The molecule has 3 aliphatic rings. The van der Waals surface area contributed by atoms with Gasteiger partial charge < -0.3 is 15.1 Å². The molecular weight excluding hydrogens is 444 g/mol. The lowest BCUT2D eigenvalue weighted by molar-refractivity contribution is 0.0747. The van der Waals surface area contributed by atoms with Crippen LogP contribution in [0.4, 0.5) is 11.4 Å². The van der Waals surface area contributed by atoms with Gasteiger partial charge in [-0.1, -0.05) is 36.0 Å². The lowest BCUT2D eigenvalue weighted by Crippen LogP contribution is -2.48. The van der Waals surface area contributed by atoms with E-state index < -0.39 is 9.84 Å². The Morgan fingerprint density at radius 2 is 1.81 bits per heavy atom. The van der Waals surface area contributed by atoms with Crippen molar-refractivity contribution < 1.29 is 13.2 Å². The highest BCUT2D eigenvalue weighted by atomic mass is 32.2. The summed E-state index contributed by atoms with van der Waals surface area (Å²) >= 11 is 1.49. The van der Waals surface area contributed by atoms with Crippen LogP contribution in [0.2, 0.25) is 0 Å². The maximum atomic E-state index is 13.2. The Hall–Kier alpha value is -2.52. The van der Waals surface area contributed by atoms with E-state index in [1.54, 1.807) is 0 Å². The molecule has 168 valence electrons. The van der Waals surface area contributed by atoms with E-state index in [-0.39, 0.29) is 28.7 Å². The average Bonchev–Trinajstić information content (AvgIpc) is 3.28. The Bertz CT molecular complexity index is 1160. The maximum absolute atomic E-state index is 13.2. The summed E-state index contributed by atoms with van der Waals surface area (Å²) in [7, 11) is -2.97. The third-order valence-corrected chi connectivity index (χ3v) is 9.37. The second-order valence-electron chi connectivity index (χ2n) is 8.50. The van der Waals surface area contributed by atoms with Crippen LogP contribution in [0.1, 0.15) is 15.9 Å². The predicted molar refractivity (Wildman–Crippen MR) is 131 cm³/mol. The second-order valence-corrected chi connectivity index (χ2v) is 11.9. The number of hydrogen-bond acceptors (Lipinski definition) is 7. The zero-order valence-corrected chi connectivity index (χ0v) is 19.5. The Kier molecular flexibility index (Phi) is 5.63. The van der Waals surface area contributed by atoms with Crippen LogP contribution in [0.5, 0.6) is 0 Å². The van der Waals surface area contributed by atoms with Crippen molar-refractivity contribution in [3.63, 3.8) is 0 Å². The molecule has 7 nitrogen and oxygen atoms in total. The summed E-state index contributed by atoms with van der Waals surface area (Å²) in [6, 6.07) is 15.8. The van der Waals surface area contributed by atoms with Gasteiger partial charge in [-0.15, -0.1) is 0 Å². The molecule has 32 heavy (non-hydrogen) atoms. The third kappa shape index (κ3) is 4.36. The molecule has 2 saturated heterocycles. The van der Waals surface area contributed by atoms with Crippen molar-refractivity contribution in [2.45, 2.75) is 18.2 Å². The summed E-state index contributed by atoms with van der Waals surface area (Å²) in [5, 5.41) is 4.06. The highest BCUT2D eigenvalue weighted by Crippen LogP contribution is 2.35. The topological polar surface area (TPSA) is 82.1 Å². The number of anilines is 2. The van der Waals surface area contributed by atoms with Crippen LogP contribution in [0.3, 0.4) is 0 Å². The normalized spacial score (nSPS) is 24.2. The minimum Gasteiger partial charge on any atom is -0.368 e. The molecule has 0 aliphatic carbocycles. The number of sulfone groups is 1. The number of nitrogens with zero attached hydrogens (tertiary/aromatic N) is 3. The Balaban J connectivity index is 1.25. The van der Waals surface area contributed by atoms with Crippen LogP contribution in [0.25, 0.3) is 0 Å². The average molecular weight is 471 g/mol. The molecule has 2 atom stereocenters. The number of fused-ring (bicyclic) bond motifs is 1. The summed E-state index contributed by atoms with van der Waals surface area (Å²) in [5.74, 6) is 0.343. The number of nitrogens with one attached hydrogen (secondary N) is 1. The number of para-hydroxylation sites is 1. The predicted octanol–water partition coefficient (Wildman–Crippen LogP) is 2.64. The first kappa shape index (κ1) is 21.3. The van der Waals surface area contributed by atoms with Gasteiger partial charge in [0.2, 0.25) is 0 Å². The smallest absolute Gasteiger partial charge is 0.254 e. The number of piperazine rings is 1. The van der Waals surface area contributed by atoms with Crippen LogP contribution in [-0.4, -0.2) is 73.4 Å². The largest absolute Gasteiger partial charge is 0.368 e. The molecule has 3 aliphatic heterocycles. The van der Waals surface area contributed by atoms with Crippen LogP contribution in [0, 0.1) is 6.92 Å². The summed E-state index contributed by atoms with van der Waals surface area (Å²) in [6.07, 6.45) is 0. The van der Waals surface area contributed by atoms with Gasteiger partial charge >= 0.3 is 0 Å². The van der Waals surface area contributed by atoms with Gasteiger partial charge in [0, 0.05) is 48.4 Å². The number of rotatable bonds is 3. The number of carbonyl (C=O) groups is 1. The first-order valence-corrected chi connectivity index (χ1v) is 13.5. The first-order valence-electron chi connectivity index (χ1n) is 10.8. The van der Waals surface area contributed by atoms with Crippen molar-refractivity contribution in [2.75, 3.05) is 47.9 Å². The molecule has 1 amide bonds. The van der Waals surface area contributed by atoms with E-state index in [0.29, 0.717) is 18.7 Å². The molecule has 2 aromatic rings. The fourth-order valence-electron chi connectivity index (χ4n) is 4.41. The number of benzene rings is 2. The third-order valence-electron chi connectivity index (χ3n) is 6.23. The molecule has 0 saturated carbocycles. The van der Waals surface area contributed by atoms with E-state index in [1.807, 2.05) is 48.2 Å². The molecule has 1 N–H and O–H groups in total. The van der Waals surface area contributed by atoms with E-state index in [1.165, 1.54) is 17.4 Å². The molecule has 0 unspecified atom stereocenters. The molecule has 0 radical (unpaired) electrons. The number of amidine groups is 1. The maximum Gasteiger partial charge on any atom is 0.254 e. The van der Waals surface area contributed by atoms with Gasteiger partial charge in [-0.2, -0.15) is 0 Å². The molecule has 5 rings (SSSR count). The molecule has 3 heterocycles. The zero-order valence-electron chi connectivity index (χ0n) is 17.9. The zero-order chi connectivity index (χ0) is 22.3. The number of aliphatic imine (C=N–C) groups is 1. The van der Waals surface area contributed by atoms with Gasteiger partial charge in [-0.25, -0.2) is 8.42 Å². The monoisotopic (exact) mass is 470 g/mol. The van der Waals surface area contributed by atoms with E-state index in [4.69, 9.17) is 0 Å². The summed E-state index contributed by atoms with van der Waals surface area (Å²) in [6.45, 7) is 4.98. The van der Waals surface area contributed by atoms with Crippen LogP contribution in [0.15, 0.2) is 53.5 Å². The van der Waals surface area contributed by atoms with Crippen LogP contribution < -0.4 is 10.2 Å². The number of aryl methyl sites for hydroxylation is 1. The van der Waals surface area contributed by atoms with Crippen molar-refractivity contribution in [1.82, 2.24) is 4.90 Å². The van der Waals surface area contributed by atoms with Crippen molar-refractivity contribution in [1.29, 1.82) is 0 Å². The van der Waals surface area contributed by atoms with Gasteiger partial charge in [0.05, 0.1) is 17.5 Å². The Morgan fingerprint density at radius 3 is 2.53 bits per heavy atom. The number of amides is 1. The quantitative estimate of drug-likeness (QED) is 0.743. The fourth-order valence-corrected chi connectivity index (χ4v) is 8.08. The summed E-state index contributed by atoms with van der Waals surface area (Å²) < 4.78 is 23.6. The first-order chi connectivity index (χ1) is 15.4. The van der Waals surface area contributed by atoms with E-state index in [0.717, 1.165) is 29.5 Å². The summed E-state index contributed by atoms with van der Waals surface area (Å²) in [5.41, 5.74) is 3.70. The van der Waals surface area contributed by atoms with Crippen LogP contribution in [-0.2, 0) is 9.84 Å². The second kappa shape index (κ2) is 8.44. The van der Waals surface area contributed by atoms with E-state index >= 15 is 0 Å². The molecule has 0 bridgehead atoms. The standard InChI is InChI=1S/C23H26N4O3S2/c1-16-7-8-17(13-19(16)24-23-25-20-14-32(29,30)15-21(20)31-23)22(28)27-11-9-26(10-12-27)18-5-3-2-4-6-18/h2-8,13,20-21H,9-12,14-15H2,1H3,(H,24,25)/t20-,21+/m0/s1. The minimum absolute atomic E-state index is 0.00599. The van der Waals surface area contributed by atoms with Gasteiger partial charge in [0.15, 0.2) is 15.0 Å². The highest BCUT2D eigenvalue weighted by Gasteiger charge is 2.42. The highest BCUT2D eigenvalue weighted by molar-refractivity contribution is 8.15. The molecule has 2 fully saturated rings. The Morgan fingerprint density at radius 1 is 1.06 bits per heavy atom. The molecule has 2 aromatic carbocycles. The molecular formula is C23H26N4O3S2.